The number of piperidine rings is 2. The summed E-state index contributed by atoms with van der Waals surface area (Å²) in [5.74, 6) is -2.91. The monoisotopic (exact) mass is 720 g/mol. The lowest BCUT2D eigenvalue weighted by Crippen LogP contribution is -2.54. The summed E-state index contributed by atoms with van der Waals surface area (Å²) in [4.78, 5) is 62.2. The molecule has 3 N–H and O–H groups in total. The molecule has 0 radical (unpaired) electrons. The van der Waals surface area contributed by atoms with Crippen molar-refractivity contribution in [3.8, 4) is 17.3 Å². The summed E-state index contributed by atoms with van der Waals surface area (Å²) in [6.45, 7) is 3.20. The Kier molecular flexibility index (Phi) is 9.53. The minimum absolute atomic E-state index is 0.00520. The van der Waals surface area contributed by atoms with E-state index in [9.17, 15) is 24.4 Å². The van der Waals surface area contributed by atoms with Crippen molar-refractivity contribution in [2.75, 3.05) is 43.5 Å². The number of amides is 4. The molecule has 1 atom stereocenters. The molecule has 1 aromatic carbocycles. The van der Waals surface area contributed by atoms with Crippen molar-refractivity contribution in [2.24, 2.45) is 5.41 Å². The van der Waals surface area contributed by atoms with Gasteiger partial charge in [-0.2, -0.15) is 5.26 Å². The number of carbonyl (C=O) groups is 4. The summed E-state index contributed by atoms with van der Waals surface area (Å²) < 4.78 is 21.2. The number of thiazole rings is 1. The lowest BCUT2D eigenvalue weighted by atomic mass is 9.82. The maximum atomic E-state index is 15.8. The van der Waals surface area contributed by atoms with Gasteiger partial charge in [0.1, 0.15) is 17.7 Å². The molecule has 0 bridgehead atoms. The zero-order chi connectivity index (χ0) is 35.0. The van der Waals surface area contributed by atoms with Crippen LogP contribution in [-0.4, -0.2) is 88.3 Å². The van der Waals surface area contributed by atoms with Gasteiger partial charge >= 0.3 is 0 Å². The third-order valence-electron chi connectivity index (χ3n) is 9.86. The highest BCUT2D eigenvalue weighted by atomic mass is 35.5. The first-order valence-electron chi connectivity index (χ1n) is 16.5. The molecular formula is C34H34ClFN8O5S. The molecule has 2 aromatic heterocycles. The summed E-state index contributed by atoms with van der Waals surface area (Å²) in [6, 6.07) is 6.24. The fraction of sp³-hybridized carbons (Fsp3) is 0.441. The number of pyridine rings is 1. The molecule has 50 heavy (non-hydrogen) atoms. The van der Waals surface area contributed by atoms with Gasteiger partial charge in [0, 0.05) is 74.6 Å². The average Bonchev–Trinajstić information content (AvgIpc) is 3.69. The molecule has 13 nitrogen and oxygen atoms in total. The maximum absolute atomic E-state index is 15.8. The van der Waals surface area contributed by atoms with Crippen molar-refractivity contribution in [2.45, 2.75) is 57.2 Å². The zero-order valence-electron chi connectivity index (χ0n) is 27.0. The van der Waals surface area contributed by atoms with Gasteiger partial charge in [0.15, 0.2) is 5.13 Å². The molecule has 1 unspecified atom stereocenters. The van der Waals surface area contributed by atoms with Crippen LogP contribution in [0.25, 0.3) is 11.3 Å². The highest BCUT2D eigenvalue weighted by molar-refractivity contribution is 7.14. The molecule has 0 saturated carbocycles. The van der Waals surface area contributed by atoms with Crippen LogP contribution in [0.5, 0.6) is 0 Å². The van der Waals surface area contributed by atoms with Crippen LogP contribution in [-0.2, 0) is 20.9 Å². The van der Waals surface area contributed by atoms with Crippen LogP contribution in [0.2, 0.25) is 5.02 Å². The van der Waals surface area contributed by atoms with Crippen LogP contribution in [0.4, 0.5) is 15.3 Å². The van der Waals surface area contributed by atoms with Crippen LogP contribution in [0.1, 0.15) is 64.8 Å². The Labute approximate surface area is 296 Å². The van der Waals surface area contributed by atoms with Crippen LogP contribution < -0.4 is 16.0 Å². The van der Waals surface area contributed by atoms with Gasteiger partial charge in [-0.1, -0.05) is 17.7 Å². The third-order valence-corrected chi connectivity index (χ3v) is 11.0. The smallest absolute Gasteiger partial charge is 0.265 e. The fourth-order valence-corrected chi connectivity index (χ4v) is 7.81. The van der Waals surface area contributed by atoms with Gasteiger partial charge in [0.05, 0.1) is 33.3 Å². The third kappa shape index (κ3) is 6.68. The van der Waals surface area contributed by atoms with Crippen LogP contribution in [0, 0.1) is 22.6 Å². The second kappa shape index (κ2) is 14.0. The van der Waals surface area contributed by atoms with Crippen molar-refractivity contribution < 1.29 is 28.3 Å². The van der Waals surface area contributed by atoms with E-state index in [0.29, 0.717) is 67.4 Å². The highest BCUT2D eigenvalue weighted by Gasteiger charge is 2.46. The van der Waals surface area contributed by atoms with Crippen LogP contribution in [0.3, 0.4) is 0 Å². The van der Waals surface area contributed by atoms with E-state index in [2.05, 4.69) is 31.9 Å². The number of carbonyl (C=O) groups excluding carboxylic acids is 4. The summed E-state index contributed by atoms with van der Waals surface area (Å²) >= 11 is 7.98. The number of hydrogen-bond donors (Lipinski definition) is 3. The standard InChI is InChI=1S/C34H34ClFN8O5S/c35-23-14-38-26(13-22(23)24-16-50-33(41-24)39-18-34(17-37)7-11-49-12-8-34)40-20-5-9-43(10-6-20)15-19-1-2-21-28(29(19)36)32(48)44(31(21)47)25-3-4-27(45)42-30(25)46/h1-2,13-14,16,20,25H,3-12,15,18H2,(H,38,40)(H,39,41)(H,42,45,46). The Bertz CT molecular complexity index is 1900. The lowest BCUT2D eigenvalue weighted by molar-refractivity contribution is -0.136. The van der Waals surface area contributed by atoms with Crippen molar-refractivity contribution in [1.29, 1.82) is 5.26 Å². The molecule has 6 heterocycles. The molecule has 4 aliphatic heterocycles. The van der Waals surface area contributed by atoms with E-state index < -0.39 is 40.9 Å². The number of hydrogen-bond acceptors (Lipinski definition) is 12. The molecule has 16 heteroatoms. The van der Waals surface area contributed by atoms with E-state index in [1.807, 2.05) is 11.4 Å². The number of ether oxygens (including phenoxy) is 1. The Morgan fingerprint density at radius 2 is 1.90 bits per heavy atom. The Hall–Kier alpha value is -4.49. The SMILES string of the molecule is N#CC1(CNc2nc(-c3cc(NC4CCN(Cc5ccc6c(c5F)C(=O)N(C5CCC(=O)NC5=O)C6=O)CC4)ncc3Cl)cs2)CCOCC1. The lowest BCUT2D eigenvalue weighted by Gasteiger charge is -2.32. The van der Waals surface area contributed by atoms with E-state index >= 15 is 4.39 Å². The van der Waals surface area contributed by atoms with Gasteiger partial charge in [-0.05, 0) is 44.2 Å². The van der Waals surface area contributed by atoms with E-state index in [1.165, 1.54) is 23.5 Å². The van der Waals surface area contributed by atoms with Crippen LogP contribution >= 0.6 is 22.9 Å². The zero-order valence-corrected chi connectivity index (χ0v) is 28.5. The number of halogens is 2. The Balaban J connectivity index is 0.950. The maximum Gasteiger partial charge on any atom is 0.265 e. The van der Waals surface area contributed by atoms with Gasteiger partial charge in [0.2, 0.25) is 11.8 Å². The van der Waals surface area contributed by atoms with Gasteiger partial charge in [0.25, 0.3) is 11.8 Å². The van der Waals surface area contributed by atoms with E-state index in [-0.39, 0.29) is 42.1 Å². The quantitative estimate of drug-likeness (QED) is 0.271. The molecular weight excluding hydrogens is 687 g/mol. The molecule has 0 aliphatic carbocycles. The van der Waals surface area contributed by atoms with Gasteiger partial charge in [-0.15, -0.1) is 11.3 Å². The number of imide groups is 2. The molecule has 260 valence electrons. The van der Waals surface area contributed by atoms with Crippen molar-refractivity contribution in [1.82, 2.24) is 25.1 Å². The minimum atomic E-state index is -1.15. The molecule has 4 amide bonds. The first kappa shape index (κ1) is 34.0. The molecule has 7 rings (SSSR count). The van der Waals surface area contributed by atoms with Crippen molar-refractivity contribution in [3.05, 3.63) is 57.3 Å². The Morgan fingerprint density at radius 3 is 2.64 bits per heavy atom. The van der Waals surface area contributed by atoms with Gasteiger partial charge in [-0.25, -0.2) is 14.4 Å². The number of nitrogens with one attached hydrogen (secondary N) is 3. The molecule has 3 aromatic rings. The number of likely N-dealkylation sites (tertiary alicyclic amines) is 1. The highest BCUT2D eigenvalue weighted by Crippen LogP contribution is 2.35. The number of nitriles is 1. The number of fused-ring (bicyclic) bond motifs is 1. The van der Waals surface area contributed by atoms with Gasteiger partial charge < -0.3 is 15.4 Å². The summed E-state index contributed by atoms with van der Waals surface area (Å²) in [5, 5.41) is 21.8. The number of aromatic nitrogens is 2. The number of rotatable bonds is 9. The first-order valence-corrected chi connectivity index (χ1v) is 17.8. The topological polar surface area (TPSA) is 170 Å². The second-order valence-electron chi connectivity index (χ2n) is 13.0. The second-order valence-corrected chi connectivity index (χ2v) is 14.3. The number of benzene rings is 1. The number of anilines is 2. The predicted molar refractivity (Wildman–Crippen MR) is 182 cm³/mol. The normalized spacial score (nSPS) is 21.1. The van der Waals surface area contributed by atoms with Gasteiger partial charge in [-0.3, -0.25) is 34.3 Å². The molecule has 3 saturated heterocycles. The first-order chi connectivity index (χ1) is 24.1. The minimum Gasteiger partial charge on any atom is -0.381 e. The summed E-state index contributed by atoms with van der Waals surface area (Å²) in [6.07, 6.45) is 4.46. The van der Waals surface area contributed by atoms with E-state index in [1.54, 1.807) is 6.20 Å². The predicted octanol–water partition coefficient (Wildman–Crippen LogP) is 4.21. The number of nitrogens with zero attached hydrogens (tertiary/aromatic N) is 5. The summed E-state index contributed by atoms with van der Waals surface area (Å²) in [5.41, 5.74) is 0.859. The molecule has 3 fully saturated rings. The van der Waals surface area contributed by atoms with Crippen molar-refractivity contribution >= 4 is 57.5 Å². The molecule has 0 spiro atoms. The summed E-state index contributed by atoms with van der Waals surface area (Å²) in [7, 11) is 0. The van der Waals surface area contributed by atoms with Crippen LogP contribution in [0.15, 0.2) is 29.8 Å². The average molecular weight is 721 g/mol. The largest absolute Gasteiger partial charge is 0.381 e. The Morgan fingerprint density at radius 1 is 1.12 bits per heavy atom. The van der Waals surface area contributed by atoms with Crippen molar-refractivity contribution in [3.63, 3.8) is 0 Å². The molecule has 4 aliphatic rings. The van der Waals surface area contributed by atoms with E-state index in [0.717, 1.165) is 23.3 Å². The van der Waals surface area contributed by atoms with E-state index in [4.69, 9.17) is 21.3 Å². The fourth-order valence-electron chi connectivity index (χ4n) is 6.90.